The number of nitrogens with one attached hydrogen (secondary N) is 1. The Labute approximate surface area is 196 Å². The van der Waals surface area contributed by atoms with E-state index >= 15 is 0 Å². The summed E-state index contributed by atoms with van der Waals surface area (Å²) in [5.74, 6) is 0.0555. The van der Waals surface area contributed by atoms with Crippen LogP contribution in [0.25, 0.3) is 0 Å². The number of rotatable bonds is 4. The van der Waals surface area contributed by atoms with E-state index in [2.05, 4.69) is 30.3 Å². The monoisotopic (exact) mass is 492 g/mol. The summed E-state index contributed by atoms with van der Waals surface area (Å²) in [4.78, 5) is 4.61. The van der Waals surface area contributed by atoms with Gasteiger partial charge in [-0.2, -0.15) is 10.1 Å². The van der Waals surface area contributed by atoms with Gasteiger partial charge in [-0.25, -0.2) is 5.01 Å². The topological polar surface area (TPSA) is 75.0 Å². The fourth-order valence-electron chi connectivity index (χ4n) is 2.97. The molecule has 0 bridgehead atoms. The number of benzene rings is 2. The average molecular weight is 493 g/mol. The lowest BCUT2D eigenvalue weighted by molar-refractivity contribution is -0.274. The van der Waals surface area contributed by atoms with Crippen molar-refractivity contribution in [2.45, 2.75) is 32.5 Å². The van der Waals surface area contributed by atoms with Gasteiger partial charge in [0, 0.05) is 5.69 Å². The summed E-state index contributed by atoms with van der Waals surface area (Å²) in [6, 6.07) is 13.5. The molecule has 33 heavy (non-hydrogen) atoms. The van der Waals surface area contributed by atoms with Crippen LogP contribution >= 0.6 is 23.1 Å². The molecule has 1 aliphatic heterocycles. The molecule has 0 saturated carbocycles. The Morgan fingerprint density at radius 1 is 1.03 bits per heavy atom. The van der Waals surface area contributed by atoms with Crippen LogP contribution in [-0.4, -0.2) is 32.6 Å². The van der Waals surface area contributed by atoms with Crippen LogP contribution in [0.5, 0.6) is 5.75 Å². The van der Waals surface area contributed by atoms with E-state index in [0.29, 0.717) is 16.8 Å². The van der Waals surface area contributed by atoms with Gasteiger partial charge >= 0.3 is 6.36 Å². The zero-order valence-electron chi connectivity index (χ0n) is 17.8. The first-order valence-electron chi connectivity index (χ1n) is 9.75. The Balaban J connectivity index is 1.66. The van der Waals surface area contributed by atoms with E-state index in [1.54, 1.807) is 16.8 Å². The number of aromatic nitrogens is 2. The van der Waals surface area contributed by atoms with Gasteiger partial charge in [-0.15, -0.1) is 23.4 Å². The summed E-state index contributed by atoms with van der Waals surface area (Å²) in [5.41, 5.74) is 2.68. The molecule has 0 amide bonds. The first-order chi connectivity index (χ1) is 15.7. The molecule has 0 saturated heterocycles. The Kier molecular flexibility index (Phi) is 6.56. The fraction of sp³-hybridized carbons (Fsp3) is 0.238. The van der Waals surface area contributed by atoms with E-state index in [-0.39, 0.29) is 11.1 Å². The number of guanidine groups is 1. The highest BCUT2D eigenvalue weighted by molar-refractivity contribution is 8.14. The van der Waals surface area contributed by atoms with Crippen LogP contribution in [0, 0.1) is 13.8 Å². The molecule has 1 N–H and O–H groups in total. The second-order valence-electron chi connectivity index (χ2n) is 7.08. The minimum atomic E-state index is -4.75. The number of nitrogens with zero attached hydrogens (tertiary/aromatic N) is 5. The molecule has 1 atom stereocenters. The zero-order valence-corrected chi connectivity index (χ0v) is 19.4. The highest BCUT2D eigenvalue weighted by atomic mass is 32.2. The van der Waals surface area contributed by atoms with Crippen LogP contribution in [0.15, 0.2) is 58.6 Å². The van der Waals surface area contributed by atoms with E-state index in [4.69, 9.17) is 0 Å². The first kappa shape index (κ1) is 23.1. The maximum Gasteiger partial charge on any atom is 0.573 e. The molecule has 0 aliphatic carbocycles. The standard InChI is InChI=1S/C21H19F3N6OS2/c1-12-4-6-15(7-5-12)18-30(29-14(3)32-18)19(26-20-28-27-13(2)33-20)25-16-8-10-17(11-9-16)31-21(22,23)24/h4-11,18H,1-3H3,(H,25,26,28). The number of alkyl halides is 3. The maximum atomic E-state index is 12.5. The summed E-state index contributed by atoms with van der Waals surface area (Å²) in [5, 5.41) is 19.4. The molecule has 172 valence electrons. The highest BCUT2D eigenvalue weighted by Crippen LogP contribution is 2.40. The van der Waals surface area contributed by atoms with Crippen molar-refractivity contribution in [1.82, 2.24) is 15.2 Å². The lowest BCUT2D eigenvalue weighted by Crippen LogP contribution is -2.32. The largest absolute Gasteiger partial charge is 0.573 e. The van der Waals surface area contributed by atoms with Crippen LogP contribution in [0.3, 0.4) is 0 Å². The molecular formula is C21H19F3N6OS2. The number of aliphatic imine (C=N–C) groups is 1. The van der Waals surface area contributed by atoms with Gasteiger partial charge in [0.15, 0.2) is 0 Å². The van der Waals surface area contributed by atoms with E-state index < -0.39 is 6.36 Å². The van der Waals surface area contributed by atoms with Gasteiger partial charge in [0.25, 0.3) is 0 Å². The van der Waals surface area contributed by atoms with Gasteiger partial charge in [0.05, 0.1) is 5.04 Å². The van der Waals surface area contributed by atoms with Crippen molar-refractivity contribution in [3.63, 3.8) is 0 Å². The van der Waals surface area contributed by atoms with E-state index in [0.717, 1.165) is 21.2 Å². The number of halogens is 3. The molecule has 4 rings (SSSR count). The van der Waals surface area contributed by atoms with E-state index in [9.17, 15) is 13.2 Å². The number of hydrogen-bond donors (Lipinski definition) is 1. The third-order valence-corrected chi connectivity index (χ3v) is 6.24. The van der Waals surface area contributed by atoms with Crippen molar-refractivity contribution in [1.29, 1.82) is 0 Å². The van der Waals surface area contributed by atoms with Crippen LogP contribution in [0.4, 0.5) is 24.0 Å². The predicted octanol–water partition coefficient (Wildman–Crippen LogP) is 6.23. The summed E-state index contributed by atoms with van der Waals surface area (Å²) >= 11 is 2.89. The van der Waals surface area contributed by atoms with Crippen molar-refractivity contribution in [2.75, 3.05) is 5.32 Å². The predicted molar refractivity (Wildman–Crippen MR) is 125 cm³/mol. The lowest BCUT2D eigenvalue weighted by atomic mass is 10.1. The molecule has 2 aromatic carbocycles. The van der Waals surface area contributed by atoms with Crippen molar-refractivity contribution in [3.8, 4) is 5.75 Å². The molecule has 1 aliphatic rings. The minimum absolute atomic E-state index is 0.182. The first-order valence-corrected chi connectivity index (χ1v) is 11.5. The van der Waals surface area contributed by atoms with Crippen molar-refractivity contribution >= 4 is 44.9 Å². The number of aryl methyl sites for hydroxylation is 2. The third-order valence-electron chi connectivity index (χ3n) is 4.39. The number of hydrogen-bond acceptors (Lipinski definition) is 7. The summed E-state index contributed by atoms with van der Waals surface area (Å²) in [6.07, 6.45) is -4.75. The van der Waals surface area contributed by atoms with Gasteiger partial charge in [-0.3, -0.25) is 0 Å². The van der Waals surface area contributed by atoms with Crippen LogP contribution < -0.4 is 10.1 Å². The molecule has 2 heterocycles. The van der Waals surface area contributed by atoms with E-state index in [1.165, 1.54) is 35.6 Å². The molecule has 0 spiro atoms. The average Bonchev–Trinajstić information content (AvgIpc) is 3.33. The van der Waals surface area contributed by atoms with Crippen molar-refractivity contribution in [2.24, 2.45) is 10.1 Å². The van der Waals surface area contributed by atoms with Crippen molar-refractivity contribution in [3.05, 3.63) is 64.7 Å². The Bertz CT molecular complexity index is 1180. The number of hydrazone groups is 1. The van der Waals surface area contributed by atoms with Gasteiger partial charge < -0.3 is 10.1 Å². The smallest absolute Gasteiger partial charge is 0.406 e. The van der Waals surface area contributed by atoms with Crippen molar-refractivity contribution < 1.29 is 17.9 Å². The SMILES string of the molecule is CC1=NN(/C(=N/c2nnc(C)s2)Nc2ccc(OC(F)(F)F)cc2)C(c2ccc(C)cc2)S1. The Morgan fingerprint density at radius 2 is 1.73 bits per heavy atom. The maximum absolute atomic E-state index is 12.5. The number of anilines is 1. The Hall–Kier alpha value is -3.12. The molecule has 3 aromatic rings. The molecule has 12 heteroatoms. The normalized spacial score (nSPS) is 16.7. The minimum Gasteiger partial charge on any atom is -0.406 e. The summed E-state index contributed by atoms with van der Waals surface area (Å²) in [6.45, 7) is 5.75. The molecule has 1 aromatic heterocycles. The van der Waals surface area contributed by atoms with Crippen LogP contribution in [0.1, 0.15) is 28.4 Å². The number of thioether (sulfide) groups is 1. The van der Waals surface area contributed by atoms with Gasteiger partial charge in [0.2, 0.25) is 11.1 Å². The molecule has 1 unspecified atom stereocenters. The van der Waals surface area contributed by atoms with Gasteiger partial charge in [-0.05, 0) is 50.6 Å². The quantitative estimate of drug-likeness (QED) is 0.344. The summed E-state index contributed by atoms with van der Waals surface area (Å²) in [7, 11) is 0. The molecule has 7 nitrogen and oxygen atoms in total. The molecule has 0 radical (unpaired) electrons. The van der Waals surface area contributed by atoms with E-state index in [1.807, 2.05) is 45.0 Å². The highest BCUT2D eigenvalue weighted by Gasteiger charge is 2.32. The second kappa shape index (κ2) is 9.40. The second-order valence-corrected chi connectivity index (χ2v) is 9.51. The van der Waals surface area contributed by atoms with Gasteiger partial charge in [0.1, 0.15) is 16.1 Å². The summed E-state index contributed by atoms with van der Waals surface area (Å²) < 4.78 is 41.4. The van der Waals surface area contributed by atoms with Crippen LogP contribution in [0.2, 0.25) is 0 Å². The molecular weight excluding hydrogens is 473 g/mol. The zero-order chi connectivity index (χ0) is 23.6. The fourth-order valence-corrected chi connectivity index (χ4v) is 4.52. The lowest BCUT2D eigenvalue weighted by Gasteiger charge is -2.25. The third kappa shape index (κ3) is 6.02. The Morgan fingerprint density at radius 3 is 2.33 bits per heavy atom. The molecule has 0 fully saturated rings. The van der Waals surface area contributed by atoms with Gasteiger partial charge in [-0.1, -0.05) is 52.9 Å². The number of ether oxygens (including phenoxy) is 1. The van der Waals surface area contributed by atoms with Crippen LogP contribution in [-0.2, 0) is 0 Å².